The summed E-state index contributed by atoms with van der Waals surface area (Å²) in [6.45, 7) is 4.30. The first-order valence-corrected chi connectivity index (χ1v) is 10.2. The summed E-state index contributed by atoms with van der Waals surface area (Å²) >= 11 is 5.94. The second kappa shape index (κ2) is 9.16. The van der Waals surface area contributed by atoms with Gasteiger partial charge in [-0.3, -0.25) is 4.79 Å². The van der Waals surface area contributed by atoms with Gasteiger partial charge in [0.05, 0.1) is 11.4 Å². The smallest absolute Gasteiger partial charge is 0.243 e. The van der Waals surface area contributed by atoms with Gasteiger partial charge in [0, 0.05) is 18.1 Å². The molecule has 140 valence electrons. The molecule has 0 fully saturated rings. The average molecular weight is 395 g/mol. The number of hydrogen-bond acceptors (Lipinski definition) is 3. The average Bonchev–Trinajstić information content (AvgIpc) is 2.60. The zero-order chi connectivity index (χ0) is 19.2. The highest BCUT2D eigenvalue weighted by atomic mass is 35.5. The third kappa shape index (κ3) is 5.83. The van der Waals surface area contributed by atoms with Crippen LogP contribution in [0.2, 0.25) is 5.02 Å². The Kier molecular flexibility index (Phi) is 7.20. The van der Waals surface area contributed by atoms with E-state index in [4.69, 9.17) is 11.6 Å². The zero-order valence-corrected chi connectivity index (χ0v) is 16.4. The number of nitrogens with zero attached hydrogens (tertiary/aromatic N) is 1. The summed E-state index contributed by atoms with van der Waals surface area (Å²) in [4.78, 5) is 12.3. The molecule has 26 heavy (non-hydrogen) atoms. The highest BCUT2D eigenvalue weighted by molar-refractivity contribution is 7.89. The normalized spacial score (nSPS) is 11.7. The molecule has 0 atom stereocenters. The summed E-state index contributed by atoms with van der Waals surface area (Å²) in [6, 6.07) is 15.2. The highest BCUT2D eigenvalue weighted by Gasteiger charge is 2.27. The van der Waals surface area contributed by atoms with Gasteiger partial charge in [0.1, 0.15) is 0 Å². The monoisotopic (exact) mass is 394 g/mol. The summed E-state index contributed by atoms with van der Waals surface area (Å²) in [5, 5.41) is 3.09. The molecule has 0 unspecified atom stereocenters. The minimum absolute atomic E-state index is 0.0672. The van der Waals surface area contributed by atoms with E-state index in [0.717, 1.165) is 5.56 Å². The van der Waals surface area contributed by atoms with Gasteiger partial charge in [-0.05, 0) is 29.7 Å². The number of hydrogen-bond donors (Lipinski definition) is 1. The van der Waals surface area contributed by atoms with E-state index in [1.165, 1.54) is 16.4 Å². The number of carbonyl (C=O) groups is 1. The van der Waals surface area contributed by atoms with Crippen molar-refractivity contribution in [3.05, 3.63) is 65.2 Å². The standard InChI is InChI=1S/C19H23ClN2O3S/c1-15(2)12-21-19(23)14-22(13-16-7-4-3-5-8-16)26(24,25)18-10-6-9-17(20)11-18/h3-11,15H,12-14H2,1-2H3,(H,21,23). The van der Waals surface area contributed by atoms with E-state index in [0.29, 0.717) is 11.6 Å². The summed E-state index contributed by atoms with van der Waals surface area (Å²) in [6.07, 6.45) is 0. The quantitative estimate of drug-likeness (QED) is 0.746. The predicted molar refractivity (Wildman–Crippen MR) is 103 cm³/mol. The van der Waals surface area contributed by atoms with Crippen LogP contribution in [0, 0.1) is 5.92 Å². The number of halogens is 1. The van der Waals surface area contributed by atoms with E-state index in [1.54, 1.807) is 12.1 Å². The van der Waals surface area contributed by atoms with Crippen molar-refractivity contribution in [2.24, 2.45) is 5.92 Å². The van der Waals surface area contributed by atoms with Crippen molar-refractivity contribution in [1.82, 2.24) is 9.62 Å². The molecule has 2 aromatic rings. The molecule has 0 bridgehead atoms. The molecule has 0 aliphatic rings. The number of sulfonamides is 1. The third-order valence-corrected chi connectivity index (χ3v) is 5.69. The van der Waals surface area contributed by atoms with Gasteiger partial charge in [0.2, 0.25) is 15.9 Å². The van der Waals surface area contributed by atoms with Gasteiger partial charge in [0.15, 0.2) is 0 Å². The van der Waals surface area contributed by atoms with Crippen molar-refractivity contribution in [3.63, 3.8) is 0 Å². The molecule has 7 heteroatoms. The summed E-state index contributed by atoms with van der Waals surface area (Å²) in [5.41, 5.74) is 0.801. The first kappa shape index (κ1) is 20.4. The highest BCUT2D eigenvalue weighted by Crippen LogP contribution is 2.21. The van der Waals surface area contributed by atoms with Crippen LogP contribution in [0.3, 0.4) is 0 Å². The van der Waals surface area contributed by atoms with Crippen LogP contribution < -0.4 is 5.32 Å². The molecule has 0 saturated carbocycles. The van der Waals surface area contributed by atoms with Crippen LogP contribution in [0.15, 0.2) is 59.5 Å². The summed E-state index contributed by atoms with van der Waals surface area (Å²) < 4.78 is 27.3. The van der Waals surface area contributed by atoms with Crippen LogP contribution in [0.4, 0.5) is 0 Å². The van der Waals surface area contributed by atoms with Crippen LogP contribution in [-0.4, -0.2) is 31.7 Å². The molecule has 1 amide bonds. The molecule has 0 heterocycles. The van der Waals surface area contributed by atoms with E-state index in [2.05, 4.69) is 5.32 Å². The van der Waals surface area contributed by atoms with Crippen molar-refractivity contribution >= 4 is 27.5 Å². The number of benzene rings is 2. The summed E-state index contributed by atoms with van der Waals surface area (Å²) in [5.74, 6) is -0.0497. The Morgan fingerprint density at radius 1 is 1.12 bits per heavy atom. The fourth-order valence-corrected chi connectivity index (χ4v) is 4.01. The molecule has 0 aliphatic carbocycles. The van der Waals surface area contributed by atoms with Gasteiger partial charge < -0.3 is 5.32 Å². The maximum absolute atomic E-state index is 13.0. The molecule has 0 aromatic heterocycles. The summed E-state index contributed by atoms with van der Waals surface area (Å²) in [7, 11) is -3.87. The lowest BCUT2D eigenvalue weighted by Crippen LogP contribution is -2.41. The largest absolute Gasteiger partial charge is 0.355 e. The number of nitrogens with one attached hydrogen (secondary N) is 1. The number of amides is 1. The van der Waals surface area contributed by atoms with Crippen LogP contribution in [0.25, 0.3) is 0 Å². The Hall–Kier alpha value is -1.89. The van der Waals surface area contributed by atoms with Gasteiger partial charge in [-0.25, -0.2) is 8.42 Å². The van der Waals surface area contributed by atoms with E-state index < -0.39 is 10.0 Å². The first-order chi connectivity index (χ1) is 12.3. The lowest BCUT2D eigenvalue weighted by Gasteiger charge is -2.22. The Balaban J connectivity index is 2.28. The van der Waals surface area contributed by atoms with E-state index in [9.17, 15) is 13.2 Å². The minimum Gasteiger partial charge on any atom is -0.355 e. The molecule has 2 aromatic carbocycles. The maximum atomic E-state index is 13.0. The molecular formula is C19H23ClN2O3S. The SMILES string of the molecule is CC(C)CNC(=O)CN(Cc1ccccc1)S(=O)(=O)c1cccc(Cl)c1. The number of rotatable bonds is 8. The molecule has 0 saturated heterocycles. The van der Waals surface area contributed by atoms with Crippen LogP contribution in [0.5, 0.6) is 0 Å². The Bertz CT molecular complexity index is 839. The Labute approximate surface area is 160 Å². The third-order valence-electron chi connectivity index (χ3n) is 3.66. The fourth-order valence-electron chi connectivity index (χ4n) is 2.32. The van der Waals surface area contributed by atoms with Crippen LogP contribution in [-0.2, 0) is 21.4 Å². The van der Waals surface area contributed by atoms with Gasteiger partial charge in [0.25, 0.3) is 0 Å². The molecule has 5 nitrogen and oxygen atoms in total. The lowest BCUT2D eigenvalue weighted by molar-refractivity contribution is -0.121. The van der Waals surface area contributed by atoms with E-state index in [1.807, 2.05) is 44.2 Å². The molecule has 0 radical (unpaired) electrons. The topological polar surface area (TPSA) is 66.5 Å². The lowest BCUT2D eigenvalue weighted by atomic mass is 10.2. The van der Waals surface area contributed by atoms with Gasteiger partial charge in [-0.15, -0.1) is 0 Å². The van der Waals surface area contributed by atoms with Crippen molar-refractivity contribution in [2.75, 3.05) is 13.1 Å². The van der Waals surface area contributed by atoms with Crippen molar-refractivity contribution in [3.8, 4) is 0 Å². The molecule has 2 rings (SSSR count). The molecule has 0 spiro atoms. The van der Waals surface area contributed by atoms with Gasteiger partial charge in [-0.2, -0.15) is 4.31 Å². The predicted octanol–water partition coefficient (Wildman–Crippen LogP) is 3.30. The minimum atomic E-state index is -3.87. The Morgan fingerprint density at radius 3 is 2.42 bits per heavy atom. The van der Waals surface area contributed by atoms with Crippen molar-refractivity contribution in [1.29, 1.82) is 0 Å². The number of carbonyl (C=O) groups excluding carboxylic acids is 1. The molecule has 1 N–H and O–H groups in total. The molecule has 0 aliphatic heterocycles. The van der Waals surface area contributed by atoms with Crippen LogP contribution in [0.1, 0.15) is 19.4 Å². The van der Waals surface area contributed by atoms with Crippen molar-refractivity contribution < 1.29 is 13.2 Å². The first-order valence-electron chi connectivity index (χ1n) is 8.35. The van der Waals surface area contributed by atoms with Gasteiger partial charge in [-0.1, -0.05) is 61.8 Å². The van der Waals surface area contributed by atoms with Crippen molar-refractivity contribution in [2.45, 2.75) is 25.3 Å². The zero-order valence-electron chi connectivity index (χ0n) is 14.9. The second-order valence-electron chi connectivity index (χ2n) is 6.41. The Morgan fingerprint density at radius 2 is 1.81 bits per heavy atom. The van der Waals surface area contributed by atoms with E-state index in [-0.39, 0.29) is 29.8 Å². The molecular weight excluding hydrogens is 372 g/mol. The van der Waals surface area contributed by atoms with Crippen LogP contribution >= 0.6 is 11.6 Å². The maximum Gasteiger partial charge on any atom is 0.243 e. The van der Waals surface area contributed by atoms with Gasteiger partial charge >= 0.3 is 0 Å². The van der Waals surface area contributed by atoms with E-state index >= 15 is 0 Å². The fraction of sp³-hybridized carbons (Fsp3) is 0.316. The second-order valence-corrected chi connectivity index (χ2v) is 8.79.